The number of anilines is 2. The molecule has 0 fully saturated rings. The van der Waals surface area contributed by atoms with Crippen molar-refractivity contribution in [2.45, 2.75) is 22.5 Å². The summed E-state index contributed by atoms with van der Waals surface area (Å²) in [6.45, 7) is 3.93. The zero-order valence-corrected chi connectivity index (χ0v) is 20.1. The molecule has 0 bridgehead atoms. The van der Waals surface area contributed by atoms with Gasteiger partial charge in [0.15, 0.2) is 8.68 Å². The van der Waals surface area contributed by atoms with E-state index in [2.05, 4.69) is 31.0 Å². The van der Waals surface area contributed by atoms with Gasteiger partial charge in [-0.2, -0.15) is 0 Å². The summed E-state index contributed by atoms with van der Waals surface area (Å²) >= 11 is 2.54. The maximum Gasteiger partial charge on any atom is 0.257 e. The number of aromatic nitrogens is 4. The van der Waals surface area contributed by atoms with Gasteiger partial charge in [-0.05, 0) is 59.7 Å². The predicted molar refractivity (Wildman–Crippen MR) is 130 cm³/mol. The summed E-state index contributed by atoms with van der Waals surface area (Å²) in [6, 6.07) is 14.6. The Morgan fingerprint density at radius 2 is 1.03 bits per heavy atom. The summed E-state index contributed by atoms with van der Waals surface area (Å²) in [5.41, 5.74) is 3.29. The fourth-order valence-electron chi connectivity index (χ4n) is 2.41. The van der Waals surface area contributed by atoms with Gasteiger partial charge in [0.1, 0.15) is 0 Å². The minimum Gasteiger partial charge on any atom is -0.296 e. The van der Waals surface area contributed by atoms with Crippen molar-refractivity contribution in [3.05, 3.63) is 70.8 Å². The molecule has 0 atom stereocenters. The Morgan fingerprint density at radius 3 is 1.41 bits per heavy atom. The number of rotatable bonds is 7. The summed E-state index contributed by atoms with van der Waals surface area (Å²) < 4.78 is 1.32. The van der Waals surface area contributed by atoms with Gasteiger partial charge >= 0.3 is 0 Å². The number of hydrogen-bond acceptors (Lipinski definition) is 10. The third-order valence-electron chi connectivity index (χ3n) is 4.07. The highest BCUT2D eigenvalue weighted by Crippen LogP contribution is 2.41. The van der Waals surface area contributed by atoms with E-state index in [0.717, 1.165) is 11.1 Å². The number of nitrogens with one attached hydrogen (secondary N) is 2. The van der Waals surface area contributed by atoms with E-state index < -0.39 is 0 Å². The van der Waals surface area contributed by atoms with E-state index in [1.165, 1.54) is 44.3 Å². The first-order valence-corrected chi connectivity index (χ1v) is 13.0. The van der Waals surface area contributed by atoms with Gasteiger partial charge in [-0.1, -0.05) is 58.1 Å². The summed E-state index contributed by atoms with van der Waals surface area (Å²) in [6.07, 6.45) is 0. The molecule has 2 aromatic carbocycles. The third-order valence-corrected chi connectivity index (χ3v) is 8.69. The lowest BCUT2D eigenvalue weighted by Gasteiger charge is -2.01. The van der Waals surface area contributed by atoms with Crippen LogP contribution in [0.15, 0.2) is 57.2 Å². The highest BCUT2D eigenvalue weighted by molar-refractivity contribution is 8.77. The van der Waals surface area contributed by atoms with Crippen molar-refractivity contribution >= 4 is 66.3 Å². The summed E-state index contributed by atoms with van der Waals surface area (Å²) in [4.78, 5) is 24.6. The van der Waals surface area contributed by atoms with Crippen LogP contribution in [0.4, 0.5) is 10.3 Å². The molecule has 162 valence electrons. The first-order valence-electron chi connectivity index (χ1n) is 9.24. The Bertz CT molecular complexity index is 1140. The zero-order chi connectivity index (χ0) is 22.5. The average Bonchev–Trinajstić information content (AvgIpc) is 3.42. The number of carbonyl (C=O) groups is 2. The van der Waals surface area contributed by atoms with Crippen LogP contribution >= 0.6 is 44.3 Å². The topological polar surface area (TPSA) is 110 Å². The second-order valence-electron chi connectivity index (χ2n) is 6.55. The van der Waals surface area contributed by atoms with Crippen molar-refractivity contribution in [2.24, 2.45) is 0 Å². The quantitative estimate of drug-likeness (QED) is 0.259. The molecule has 0 aliphatic heterocycles. The summed E-state index contributed by atoms with van der Waals surface area (Å²) in [5, 5.41) is 22.5. The Kier molecular flexibility index (Phi) is 7.15. The lowest BCUT2D eigenvalue weighted by atomic mass is 10.1. The summed E-state index contributed by atoms with van der Waals surface area (Å²) in [5.74, 6) is -0.466. The fraction of sp³-hybridized carbons (Fsp3) is 0.100. The van der Waals surface area contributed by atoms with Gasteiger partial charge in [-0.3, -0.25) is 20.2 Å². The Morgan fingerprint density at radius 1 is 0.656 bits per heavy atom. The lowest BCUT2D eigenvalue weighted by Crippen LogP contribution is -2.11. The number of hydrogen-bond donors (Lipinski definition) is 2. The highest BCUT2D eigenvalue weighted by atomic mass is 33.1. The molecule has 8 nitrogen and oxygen atoms in total. The molecule has 2 amide bonds. The minimum absolute atomic E-state index is 0.233. The number of amides is 2. The first-order chi connectivity index (χ1) is 15.5. The monoisotopic (exact) mass is 500 g/mol. The van der Waals surface area contributed by atoms with Crippen LogP contribution in [0.2, 0.25) is 0 Å². The molecular weight excluding hydrogens is 485 g/mol. The molecule has 0 spiro atoms. The molecule has 12 heteroatoms. The number of carbonyl (C=O) groups excluding carboxylic acids is 2. The van der Waals surface area contributed by atoms with E-state index >= 15 is 0 Å². The van der Waals surface area contributed by atoms with Gasteiger partial charge in [-0.25, -0.2) is 0 Å². The second-order valence-corrected chi connectivity index (χ2v) is 11.1. The highest BCUT2D eigenvalue weighted by Gasteiger charge is 2.14. The Balaban J connectivity index is 1.29. The lowest BCUT2D eigenvalue weighted by molar-refractivity contribution is 0.101. The van der Waals surface area contributed by atoms with Crippen LogP contribution in [0, 0.1) is 13.8 Å². The second kappa shape index (κ2) is 10.2. The molecule has 2 heterocycles. The van der Waals surface area contributed by atoms with E-state index in [9.17, 15) is 9.59 Å². The van der Waals surface area contributed by atoms with E-state index in [1.807, 2.05) is 38.1 Å². The van der Waals surface area contributed by atoms with Gasteiger partial charge in [0, 0.05) is 11.1 Å². The molecular formula is C20H16N6O2S4. The van der Waals surface area contributed by atoms with Crippen molar-refractivity contribution in [1.29, 1.82) is 0 Å². The van der Waals surface area contributed by atoms with E-state index in [1.54, 1.807) is 24.3 Å². The van der Waals surface area contributed by atoms with Gasteiger partial charge in [0.2, 0.25) is 10.3 Å². The minimum atomic E-state index is -0.233. The van der Waals surface area contributed by atoms with Crippen LogP contribution in [0.5, 0.6) is 0 Å². The van der Waals surface area contributed by atoms with Crippen LogP contribution in [0.25, 0.3) is 0 Å². The maximum atomic E-state index is 12.3. The van der Waals surface area contributed by atoms with Crippen LogP contribution < -0.4 is 10.6 Å². The van der Waals surface area contributed by atoms with Crippen LogP contribution in [0.1, 0.15) is 31.8 Å². The molecule has 4 aromatic rings. The third kappa shape index (κ3) is 5.91. The first kappa shape index (κ1) is 22.4. The Labute approximate surface area is 199 Å². The van der Waals surface area contributed by atoms with E-state index in [0.29, 0.717) is 30.1 Å². The largest absolute Gasteiger partial charge is 0.296 e. The average molecular weight is 501 g/mol. The SMILES string of the molecule is Cc1ccc(C(=O)Nc2nnc(SSc3nnc(NC(=O)c4ccc(C)cc4)s3)s2)cc1. The molecule has 2 N–H and O–H groups in total. The predicted octanol–water partition coefficient (Wildman–Crippen LogP) is 5.31. The molecule has 0 aliphatic rings. The standard InChI is InChI=1S/C20H16N6O2S4/c1-11-3-7-13(8-4-11)15(27)21-17-23-25-19(29-17)31-32-20-26-24-18(30-20)22-16(28)14-9-5-12(2)6-10-14/h3-10H,1-2H3,(H,21,23,27)(H,22,24,28). The van der Waals surface area contributed by atoms with E-state index in [4.69, 9.17) is 0 Å². The van der Waals surface area contributed by atoms with Gasteiger partial charge < -0.3 is 0 Å². The molecule has 32 heavy (non-hydrogen) atoms. The van der Waals surface area contributed by atoms with Crippen molar-refractivity contribution in [1.82, 2.24) is 20.4 Å². The normalized spacial score (nSPS) is 10.7. The molecule has 2 aromatic heterocycles. The Hall–Kier alpha value is -2.80. The fourth-order valence-corrected chi connectivity index (χ4v) is 6.24. The summed E-state index contributed by atoms with van der Waals surface area (Å²) in [7, 11) is 2.71. The number of benzene rings is 2. The molecule has 0 aliphatic carbocycles. The van der Waals surface area contributed by atoms with Crippen LogP contribution in [-0.4, -0.2) is 32.2 Å². The molecule has 0 saturated carbocycles. The molecule has 0 unspecified atom stereocenters. The van der Waals surface area contributed by atoms with Crippen molar-refractivity contribution in [3.63, 3.8) is 0 Å². The van der Waals surface area contributed by atoms with E-state index in [-0.39, 0.29) is 11.8 Å². The molecule has 0 radical (unpaired) electrons. The van der Waals surface area contributed by atoms with Crippen molar-refractivity contribution in [2.75, 3.05) is 10.6 Å². The van der Waals surface area contributed by atoms with Crippen molar-refractivity contribution < 1.29 is 9.59 Å². The number of aryl methyl sites for hydroxylation is 2. The van der Waals surface area contributed by atoms with Gasteiger partial charge in [0.05, 0.1) is 0 Å². The van der Waals surface area contributed by atoms with Crippen molar-refractivity contribution in [3.8, 4) is 0 Å². The van der Waals surface area contributed by atoms with Crippen LogP contribution in [-0.2, 0) is 0 Å². The smallest absolute Gasteiger partial charge is 0.257 e. The zero-order valence-electron chi connectivity index (χ0n) is 16.9. The molecule has 0 saturated heterocycles. The van der Waals surface area contributed by atoms with Crippen LogP contribution in [0.3, 0.4) is 0 Å². The number of nitrogens with zero attached hydrogens (tertiary/aromatic N) is 4. The maximum absolute atomic E-state index is 12.3. The molecule has 4 rings (SSSR count). The van der Waals surface area contributed by atoms with Gasteiger partial charge in [-0.15, -0.1) is 20.4 Å². The van der Waals surface area contributed by atoms with Gasteiger partial charge in [0.25, 0.3) is 11.8 Å².